The van der Waals surface area contributed by atoms with Crippen LogP contribution in [-0.2, 0) is 14.8 Å². The molecule has 0 aliphatic carbocycles. The van der Waals surface area contributed by atoms with E-state index in [9.17, 15) is 13.2 Å². The normalized spacial score (nSPS) is 11.3. The number of carbonyl (C=O) groups is 1. The summed E-state index contributed by atoms with van der Waals surface area (Å²) in [5.74, 6) is 0.283. The Balaban J connectivity index is 2.49. The average molecular weight is 391 g/mol. The quantitative estimate of drug-likeness (QED) is 0.752. The van der Waals surface area contributed by atoms with Crippen LogP contribution in [-0.4, -0.2) is 34.5 Å². The van der Waals surface area contributed by atoms with Gasteiger partial charge in [0.1, 0.15) is 12.3 Å². The minimum Gasteiger partial charge on any atom is -0.495 e. The number of ether oxygens (including phenoxy) is 1. The van der Waals surface area contributed by atoms with Crippen LogP contribution in [0.25, 0.3) is 0 Å². The molecule has 0 atom stereocenters. The fourth-order valence-corrected chi connectivity index (χ4v) is 3.96. The lowest BCUT2D eigenvalue weighted by Crippen LogP contribution is -2.42. The van der Waals surface area contributed by atoms with Crippen LogP contribution < -0.4 is 14.4 Å². The lowest BCUT2D eigenvalue weighted by atomic mass is 10.2. The molecule has 0 fully saturated rings. The van der Waals surface area contributed by atoms with Crippen LogP contribution >= 0.6 is 0 Å². The van der Waals surface area contributed by atoms with Crippen molar-refractivity contribution >= 4 is 21.6 Å². The molecule has 0 spiro atoms. The molecule has 2 aromatic rings. The Bertz CT molecular complexity index is 880. The van der Waals surface area contributed by atoms with Crippen LogP contribution in [0.2, 0.25) is 0 Å². The number of carbonyl (C=O) groups excluding carboxylic acids is 1. The molecular weight excluding hydrogens is 364 g/mol. The molecule has 0 radical (unpaired) electrons. The van der Waals surface area contributed by atoms with E-state index in [4.69, 9.17) is 4.74 Å². The van der Waals surface area contributed by atoms with Crippen molar-refractivity contribution in [3.8, 4) is 5.75 Å². The van der Waals surface area contributed by atoms with Gasteiger partial charge in [0.05, 0.1) is 17.7 Å². The van der Waals surface area contributed by atoms with Crippen LogP contribution in [0.5, 0.6) is 5.75 Å². The maximum atomic E-state index is 13.3. The van der Waals surface area contributed by atoms with Crippen molar-refractivity contribution in [2.75, 3.05) is 24.5 Å². The number of anilines is 1. The standard InChI is InChI=1S/C20H26N2O4S/c1-15(2)13-21-20(23)14-22(18-12-16(3)10-11-19(18)26-4)27(24,25)17-8-6-5-7-9-17/h5-12,15H,13-14H2,1-4H3,(H,21,23). The fourth-order valence-electron chi connectivity index (χ4n) is 2.52. The summed E-state index contributed by atoms with van der Waals surface area (Å²) in [6.45, 7) is 5.95. The van der Waals surface area contributed by atoms with Gasteiger partial charge in [-0.05, 0) is 42.7 Å². The summed E-state index contributed by atoms with van der Waals surface area (Å²) in [7, 11) is -2.47. The number of amides is 1. The second kappa shape index (κ2) is 8.90. The number of hydrogen-bond acceptors (Lipinski definition) is 4. The first-order valence-electron chi connectivity index (χ1n) is 8.75. The highest BCUT2D eigenvalue weighted by Crippen LogP contribution is 2.33. The van der Waals surface area contributed by atoms with Gasteiger partial charge in [-0.15, -0.1) is 0 Å². The smallest absolute Gasteiger partial charge is 0.264 e. The van der Waals surface area contributed by atoms with Gasteiger partial charge in [-0.3, -0.25) is 9.10 Å². The van der Waals surface area contributed by atoms with Gasteiger partial charge < -0.3 is 10.1 Å². The summed E-state index contributed by atoms with van der Waals surface area (Å²) < 4.78 is 33.0. The molecule has 0 aromatic heterocycles. The SMILES string of the molecule is COc1ccc(C)cc1N(CC(=O)NCC(C)C)S(=O)(=O)c1ccccc1. The average Bonchev–Trinajstić information content (AvgIpc) is 2.65. The van der Waals surface area contributed by atoms with E-state index >= 15 is 0 Å². The minimum absolute atomic E-state index is 0.116. The van der Waals surface area contributed by atoms with Crippen molar-refractivity contribution in [2.45, 2.75) is 25.7 Å². The highest BCUT2D eigenvalue weighted by molar-refractivity contribution is 7.92. The number of rotatable bonds is 8. The summed E-state index contributed by atoms with van der Waals surface area (Å²) in [5, 5.41) is 2.77. The number of sulfonamides is 1. The lowest BCUT2D eigenvalue weighted by Gasteiger charge is -2.26. The Morgan fingerprint density at radius 2 is 1.81 bits per heavy atom. The molecule has 0 saturated heterocycles. The van der Waals surface area contributed by atoms with E-state index in [2.05, 4.69) is 5.32 Å². The maximum absolute atomic E-state index is 13.3. The second-order valence-corrected chi connectivity index (χ2v) is 8.56. The first kappa shape index (κ1) is 20.8. The molecule has 27 heavy (non-hydrogen) atoms. The fraction of sp³-hybridized carbons (Fsp3) is 0.350. The van der Waals surface area contributed by atoms with Gasteiger partial charge in [0, 0.05) is 6.54 Å². The molecule has 1 N–H and O–H groups in total. The summed E-state index contributed by atoms with van der Waals surface area (Å²) in [6, 6.07) is 13.3. The lowest BCUT2D eigenvalue weighted by molar-refractivity contribution is -0.119. The zero-order valence-electron chi connectivity index (χ0n) is 16.1. The van der Waals surface area contributed by atoms with Gasteiger partial charge >= 0.3 is 0 Å². The summed E-state index contributed by atoms with van der Waals surface area (Å²) in [4.78, 5) is 12.6. The Morgan fingerprint density at radius 3 is 2.41 bits per heavy atom. The number of hydrogen-bond donors (Lipinski definition) is 1. The molecule has 0 aliphatic heterocycles. The Morgan fingerprint density at radius 1 is 1.15 bits per heavy atom. The molecule has 2 aromatic carbocycles. The van der Waals surface area contributed by atoms with Gasteiger partial charge in [0.25, 0.3) is 10.0 Å². The Labute approximate surface area is 161 Å². The highest BCUT2D eigenvalue weighted by Gasteiger charge is 2.29. The van der Waals surface area contributed by atoms with Crippen molar-refractivity contribution < 1.29 is 17.9 Å². The number of benzene rings is 2. The molecule has 1 amide bonds. The third-order valence-corrected chi connectivity index (χ3v) is 5.70. The zero-order valence-corrected chi connectivity index (χ0v) is 16.9. The molecule has 6 nitrogen and oxygen atoms in total. The van der Waals surface area contributed by atoms with Crippen LogP contribution in [0.4, 0.5) is 5.69 Å². The minimum atomic E-state index is -3.94. The van der Waals surface area contributed by atoms with Crippen molar-refractivity contribution in [3.05, 3.63) is 54.1 Å². The van der Waals surface area contributed by atoms with Crippen molar-refractivity contribution in [1.82, 2.24) is 5.32 Å². The van der Waals surface area contributed by atoms with E-state index < -0.39 is 10.0 Å². The van der Waals surface area contributed by atoms with Gasteiger partial charge in [0.2, 0.25) is 5.91 Å². The largest absolute Gasteiger partial charge is 0.495 e. The molecule has 0 saturated carbocycles. The summed E-state index contributed by atoms with van der Waals surface area (Å²) in [6.07, 6.45) is 0. The van der Waals surface area contributed by atoms with Gasteiger partial charge in [0.15, 0.2) is 0 Å². The van der Waals surface area contributed by atoms with Crippen LogP contribution in [0.3, 0.4) is 0 Å². The molecular formula is C20H26N2O4S. The Kier molecular flexibility index (Phi) is 6.85. The van der Waals surface area contributed by atoms with Crippen LogP contribution in [0.1, 0.15) is 19.4 Å². The first-order valence-corrected chi connectivity index (χ1v) is 10.2. The van der Waals surface area contributed by atoms with Crippen LogP contribution in [0.15, 0.2) is 53.4 Å². The van der Waals surface area contributed by atoms with Crippen LogP contribution in [0, 0.1) is 12.8 Å². The molecule has 0 heterocycles. The number of methoxy groups -OCH3 is 1. The zero-order chi connectivity index (χ0) is 20.0. The van der Waals surface area contributed by atoms with Gasteiger partial charge in [-0.1, -0.05) is 38.1 Å². The highest BCUT2D eigenvalue weighted by atomic mass is 32.2. The van der Waals surface area contributed by atoms with E-state index in [0.717, 1.165) is 9.87 Å². The van der Waals surface area contributed by atoms with Gasteiger partial charge in [-0.2, -0.15) is 0 Å². The van der Waals surface area contributed by atoms with E-state index in [1.54, 1.807) is 30.3 Å². The van der Waals surface area contributed by atoms with Crippen molar-refractivity contribution in [2.24, 2.45) is 5.92 Å². The van der Waals surface area contributed by atoms with Crippen molar-refractivity contribution in [3.63, 3.8) is 0 Å². The predicted molar refractivity (Wildman–Crippen MR) is 107 cm³/mol. The third-order valence-electron chi connectivity index (χ3n) is 3.93. The molecule has 146 valence electrons. The molecule has 0 bridgehead atoms. The number of nitrogens with one attached hydrogen (secondary N) is 1. The van der Waals surface area contributed by atoms with Crippen molar-refractivity contribution in [1.29, 1.82) is 0 Å². The van der Waals surface area contributed by atoms with E-state index in [1.807, 2.05) is 26.8 Å². The number of nitrogens with zero attached hydrogens (tertiary/aromatic N) is 1. The number of aryl methyl sites for hydroxylation is 1. The second-order valence-electron chi connectivity index (χ2n) is 6.70. The van der Waals surface area contributed by atoms with Gasteiger partial charge in [-0.25, -0.2) is 8.42 Å². The van der Waals surface area contributed by atoms with E-state index in [1.165, 1.54) is 19.2 Å². The topological polar surface area (TPSA) is 75.7 Å². The third kappa shape index (κ3) is 5.23. The molecule has 0 unspecified atom stereocenters. The monoisotopic (exact) mass is 390 g/mol. The van der Waals surface area contributed by atoms with E-state index in [-0.39, 0.29) is 23.3 Å². The predicted octanol–water partition coefficient (Wildman–Crippen LogP) is 2.97. The maximum Gasteiger partial charge on any atom is 0.264 e. The Hall–Kier alpha value is -2.54. The summed E-state index contributed by atoms with van der Waals surface area (Å²) in [5.41, 5.74) is 1.20. The molecule has 0 aliphatic rings. The molecule has 2 rings (SSSR count). The first-order chi connectivity index (χ1) is 12.8. The van der Waals surface area contributed by atoms with E-state index in [0.29, 0.717) is 18.0 Å². The summed E-state index contributed by atoms with van der Waals surface area (Å²) >= 11 is 0. The molecule has 7 heteroatoms.